The summed E-state index contributed by atoms with van der Waals surface area (Å²) < 4.78 is 34.5. The van der Waals surface area contributed by atoms with E-state index in [9.17, 15) is 19.0 Å². The Kier molecular flexibility index (Phi) is 84.7. The van der Waals surface area contributed by atoms with Crippen molar-refractivity contribution in [3.63, 3.8) is 0 Å². The zero-order valence-corrected chi connectivity index (χ0v) is 72.2. The molecule has 0 aromatic carbocycles. The molecule has 0 amide bonds. The van der Waals surface area contributed by atoms with Gasteiger partial charge in [-0.3, -0.25) is 14.2 Å². The Labute approximate surface area is 651 Å². The molecule has 0 aliphatic heterocycles. The van der Waals surface area contributed by atoms with Crippen LogP contribution in [0, 0.1) is 0 Å². The van der Waals surface area contributed by atoms with Crippen molar-refractivity contribution in [2.24, 2.45) is 0 Å². The van der Waals surface area contributed by atoms with Crippen LogP contribution >= 0.6 is 7.82 Å². The Hall–Kier alpha value is -1.25. The first-order chi connectivity index (χ1) is 51.0. The molecule has 620 valence electrons. The highest BCUT2D eigenvalue weighted by Gasteiger charge is 2.22. The average molecular weight is 1490 g/mol. The van der Waals surface area contributed by atoms with E-state index in [4.69, 9.17) is 18.5 Å². The van der Waals surface area contributed by atoms with Crippen LogP contribution in [0.25, 0.3) is 0 Å². The lowest BCUT2D eigenvalue weighted by Gasteiger charge is -2.28. The minimum Gasteiger partial charge on any atom is -0.756 e. The Morgan fingerprint density at radius 3 is 0.712 bits per heavy atom. The summed E-state index contributed by atoms with van der Waals surface area (Å²) in [5, 5.41) is 0. The van der Waals surface area contributed by atoms with Crippen LogP contribution in [0.3, 0.4) is 0 Å². The maximum atomic E-state index is 12.9. The maximum absolute atomic E-state index is 12.9. The minimum atomic E-state index is -4.64. The molecular weight excluding hydrogens is 1300 g/mol. The molecule has 0 fully saturated rings. The fraction of sp³-hybridized carbons (Fsp3) is 0.957. The summed E-state index contributed by atoms with van der Waals surface area (Å²) in [6.45, 7) is 4.35. The van der Waals surface area contributed by atoms with Gasteiger partial charge in [0.25, 0.3) is 7.82 Å². The van der Waals surface area contributed by atoms with Crippen molar-refractivity contribution in [3.8, 4) is 0 Å². The second kappa shape index (κ2) is 85.7. The van der Waals surface area contributed by atoms with Gasteiger partial charge in [-0.2, -0.15) is 0 Å². The van der Waals surface area contributed by atoms with Gasteiger partial charge in [0.1, 0.15) is 19.8 Å². The van der Waals surface area contributed by atoms with Gasteiger partial charge in [-0.15, -0.1) is 0 Å². The number of carbonyl (C=O) groups is 2. The van der Waals surface area contributed by atoms with E-state index in [1.165, 1.54) is 462 Å². The van der Waals surface area contributed by atoms with Gasteiger partial charge >= 0.3 is 11.9 Å². The first-order valence-electron chi connectivity index (χ1n) is 47.4. The molecule has 0 saturated carbocycles. The summed E-state index contributed by atoms with van der Waals surface area (Å²) in [5.41, 5.74) is 0. The lowest BCUT2D eigenvalue weighted by molar-refractivity contribution is -0.870. The summed E-state index contributed by atoms with van der Waals surface area (Å²) in [6.07, 6.45) is 111. The highest BCUT2D eigenvalue weighted by Crippen LogP contribution is 2.38. The number of phosphoric ester groups is 1. The van der Waals surface area contributed by atoms with Gasteiger partial charge in [0.05, 0.1) is 27.7 Å². The molecule has 0 N–H and O–H groups in total. The molecule has 104 heavy (non-hydrogen) atoms. The first-order valence-corrected chi connectivity index (χ1v) is 48.9. The van der Waals surface area contributed by atoms with Gasteiger partial charge in [0, 0.05) is 12.8 Å². The van der Waals surface area contributed by atoms with Crippen LogP contribution in [0.1, 0.15) is 528 Å². The molecule has 0 spiro atoms. The van der Waals surface area contributed by atoms with Gasteiger partial charge in [0.15, 0.2) is 6.10 Å². The van der Waals surface area contributed by atoms with Crippen LogP contribution in [0.5, 0.6) is 0 Å². The molecule has 9 nitrogen and oxygen atoms in total. The quantitative estimate of drug-likeness (QED) is 0.0195. The van der Waals surface area contributed by atoms with Crippen LogP contribution in [-0.4, -0.2) is 70.0 Å². The van der Waals surface area contributed by atoms with Gasteiger partial charge in [0.2, 0.25) is 0 Å². The number of rotatable bonds is 91. The lowest BCUT2D eigenvalue weighted by Crippen LogP contribution is -2.37. The van der Waals surface area contributed by atoms with Crippen LogP contribution in [0.4, 0.5) is 0 Å². The van der Waals surface area contributed by atoms with Gasteiger partial charge in [-0.25, -0.2) is 0 Å². The molecule has 0 rings (SSSR count). The van der Waals surface area contributed by atoms with Crippen LogP contribution in [0.2, 0.25) is 0 Å². The van der Waals surface area contributed by atoms with Gasteiger partial charge < -0.3 is 27.9 Å². The second-order valence-corrected chi connectivity index (χ2v) is 35.5. The van der Waals surface area contributed by atoms with Crippen LogP contribution in [0.15, 0.2) is 12.2 Å². The summed E-state index contributed by atoms with van der Waals surface area (Å²) in [7, 11) is 1.20. The number of likely N-dealkylation sites (N-methyl/N-ethyl adjacent to an activating group) is 1. The third-order valence-corrected chi connectivity index (χ3v) is 23.2. The van der Waals surface area contributed by atoms with E-state index >= 15 is 0 Å². The summed E-state index contributed by atoms with van der Waals surface area (Å²) in [5.74, 6) is -0.798. The van der Waals surface area contributed by atoms with Gasteiger partial charge in [-0.05, 0) is 38.5 Å². The van der Waals surface area contributed by atoms with Crippen molar-refractivity contribution < 1.29 is 42.1 Å². The van der Waals surface area contributed by atoms with Gasteiger partial charge in [-0.1, -0.05) is 488 Å². The predicted octanol–water partition coefficient (Wildman–Crippen LogP) is 31.5. The third kappa shape index (κ3) is 89.6. The number of carbonyl (C=O) groups excluding carboxylic acids is 2. The fourth-order valence-electron chi connectivity index (χ4n) is 15.1. The third-order valence-electron chi connectivity index (χ3n) is 22.3. The monoisotopic (exact) mass is 1490 g/mol. The largest absolute Gasteiger partial charge is 0.756 e. The highest BCUT2D eigenvalue weighted by molar-refractivity contribution is 7.45. The zero-order valence-electron chi connectivity index (χ0n) is 71.3. The van der Waals surface area contributed by atoms with Crippen molar-refractivity contribution in [3.05, 3.63) is 12.2 Å². The lowest BCUT2D eigenvalue weighted by atomic mass is 10.0. The number of hydrogen-bond donors (Lipinski definition) is 0. The number of ether oxygens (including phenoxy) is 2. The smallest absolute Gasteiger partial charge is 0.306 e. The highest BCUT2D eigenvalue weighted by atomic mass is 31.2. The van der Waals surface area contributed by atoms with Crippen molar-refractivity contribution in [2.45, 2.75) is 534 Å². The average Bonchev–Trinajstić information content (AvgIpc) is 0.920. The van der Waals surface area contributed by atoms with E-state index in [2.05, 4.69) is 26.0 Å². The Morgan fingerprint density at radius 2 is 0.490 bits per heavy atom. The predicted molar refractivity (Wildman–Crippen MR) is 453 cm³/mol. The fourth-order valence-corrected chi connectivity index (χ4v) is 15.8. The van der Waals surface area contributed by atoms with E-state index in [0.717, 1.165) is 32.1 Å². The SMILES string of the molecule is CCCCCCCCCC/C=C\CCCCCCCCCCCCCCCCCCCCCCCCCCCCCCCC(=O)OC(COC(=O)CCCCCCCCCCCCCCCCCCCCCCCCCCCCCCCCCCCCCCCCC)COP(=O)([O-])OCC[N+](C)(C)C. The standard InChI is InChI=1S/C94H186NO8P/c1-6-8-10-12-14-16-18-20-22-24-26-28-30-32-34-36-38-40-42-44-46-47-49-51-53-55-57-59-61-63-65-67-69-71-73-75-77-79-81-83-85-87-94(97)103-92(91-102-104(98,99)101-89-88-95(3,4)5)90-100-93(96)86-84-82-80-78-76-74-72-70-68-66-64-62-60-58-56-54-52-50-48-45-43-41-39-37-35-33-31-29-27-25-23-21-19-17-15-13-11-9-7-2/h24,26,92H,6-23,25,27-91H2,1-5H3/b26-24-. The molecule has 2 unspecified atom stereocenters. The zero-order chi connectivity index (χ0) is 75.4. The summed E-state index contributed by atoms with van der Waals surface area (Å²) in [6, 6.07) is 0. The molecule has 0 aliphatic carbocycles. The Bertz CT molecular complexity index is 1750. The van der Waals surface area contributed by atoms with Crippen molar-refractivity contribution in [1.29, 1.82) is 0 Å². The Balaban J connectivity index is 3.79. The Morgan fingerprint density at radius 1 is 0.288 bits per heavy atom. The molecule has 0 saturated heterocycles. The van der Waals surface area contributed by atoms with E-state index in [1.807, 2.05) is 21.1 Å². The number of quaternary nitrogens is 1. The van der Waals surface area contributed by atoms with Crippen molar-refractivity contribution in [1.82, 2.24) is 0 Å². The molecule has 0 bridgehead atoms. The molecule has 10 heteroatoms. The number of hydrogen-bond acceptors (Lipinski definition) is 8. The molecule has 2 atom stereocenters. The van der Waals surface area contributed by atoms with E-state index in [0.29, 0.717) is 17.4 Å². The number of phosphoric acid groups is 1. The molecular formula is C94H186NO8P. The van der Waals surface area contributed by atoms with Crippen molar-refractivity contribution >= 4 is 19.8 Å². The summed E-state index contributed by atoms with van der Waals surface area (Å²) in [4.78, 5) is 38.3. The topological polar surface area (TPSA) is 111 Å². The second-order valence-electron chi connectivity index (χ2n) is 34.1. The normalized spacial score (nSPS) is 12.9. The number of allylic oxidation sites excluding steroid dienone is 2. The maximum Gasteiger partial charge on any atom is 0.306 e. The first kappa shape index (κ1) is 103. The van der Waals surface area contributed by atoms with E-state index < -0.39 is 26.5 Å². The number of nitrogens with zero attached hydrogens (tertiary/aromatic N) is 1. The molecule has 0 aromatic rings. The van der Waals surface area contributed by atoms with Crippen LogP contribution in [-0.2, 0) is 32.7 Å². The van der Waals surface area contributed by atoms with E-state index in [-0.39, 0.29) is 32.0 Å². The molecule has 0 heterocycles. The molecule has 0 radical (unpaired) electrons. The summed E-state index contributed by atoms with van der Waals surface area (Å²) >= 11 is 0. The number of esters is 2. The van der Waals surface area contributed by atoms with E-state index in [1.54, 1.807) is 0 Å². The minimum absolute atomic E-state index is 0.0251. The van der Waals surface area contributed by atoms with Crippen molar-refractivity contribution in [2.75, 3.05) is 47.5 Å². The molecule has 0 aromatic heterocycles. The molecule has 0 aliphatic rings. The van der Waals surface area contributed by atoms with Crippen LogP contribution < -0.4 is 4.89 Å². The number of unbranched alkanes of at least 4 members (excludes halogenated alkanes) is 75.